The van der Waals surface area contributed by atoms with Crippen molar-refractivity contribution in [2.24, 2.45) is 0 Å². The zero-order valence-electron chi connectivity index (χ0n) is 32.6. The number of hydrogen-bond donors (Lipinski definition) is 2. The van der Waals surface area contributed by atoms with Gasteiger partial charge in [0.05, 0.1) is 71.6 Å². The summed E-state index contributed by atoms with van der Waals surface area (Å²) < 4.78 is 17.7. The summed E-state index contributed by atoms with van der Waals surface area (Å²) in [7, 11) is 9.41. The number of methoxy groups -OCH3 is 2. The molecule has 0 amide bonds. The molecule has 3 aromatic rings. The third-order valence-electron chi connectivity index (χ3n) is 10.7. The normalized spacial score (nSPS) is 16.8. The van der Waals surface area contributed by atoms with Crippen molar-refractivity contribution in [3.8, 4) is 0 Å². The number of quaternary nitrogens is 1. The van der Waals surface area contributed by atoms with Gasteiger partial charge in [-0.3, -0.25) is 9.78 Å². The highest BCUT2D eigenvalue weighted by Crippen LogP contribution is 2.43. The van der Waals surface area contributed by atoms with E-state index in [1.807, 2.05) is 19.9 Å². The molecule has 5 rings (SSSR count). The third kappa shape index (κ3) is 7.67. The number of esters is 2. The van der Waals surface area contributed by atoms with Crippen LogP contribution < -0.4 is 0 Å². The van der Waals surface area contributed by atoms with Crippen LogP contribution in [0.25, 0.3) is 33.2 Å². The first-order chi connectivity index (χ1) is 24.1. The number of aryl methyl sites for hydroxylation is 3. The summed E-state index contributed by atoms with van der Waals surface area (Å²) in [4.78, 5) is 43.5. The van der Waals surface area contributed by atoms with Gasteiger partial charge in [0.1, 0.15) is 0 Å². The van der Waals surface area contributed by atoms with Gasteiger partial charge in [0.25, 0.3) is 0 Å². The second-order valence-corrected chi connectivity index (χ2v) is 15.1. The second-order valence-electron chi connectivity index (χ2n) is 15.1. The molecule has 51 heavy (non-hydrogen) atoms. The van der Waals surface area contributed by atoms with E-state index in [9.17, 15) is 9.59 Å². The van der Waals surface area contributed by atoms with Crippen molar-refractivity contribution in [2.45, 2.75) is 92.1 Å². The van der Waals surface area contributed by atoms with Crippen molar-refractivity contribution in [2.75, 3.05) is 48.5 Å². The summed E-state index contributed by atoms with van der Waals surface area (Å²) in [6.45, 7) is 16.3. The highest BCUT2D eigenvalue weighted by Gasteiger charge is 2.34. The van der Waals surface area contributed by atoms with Crippen molar-refractivity contribution in [3.05, 3.63) is 68.8 Å². The van der Waals surface area contributed by atoms with Crippen molar-refractivity contribution in [1.29, 1.82) is 0 Å². The van der Waals surface area contributed by atoms with E-state index in [0.29, 0.717) is 30.0 Å². The topological polar surface area (TPSA) is 119 Å². The summed E-state index contributed by atoms with van der Waals surface area (Å²) >= 11 is 0. The van der Waals surface area contributed by atoms with Gasteiger partial charge >= 0.3 is 11.9 Å². The Labute approximate surface area is 302 Å². The van der Waals surface area contributed by atoms with E-state index in [0.717, 1.165) is 85.2 Å². The van der Waals surface area contributed by atoms with Gasteiger partial charge in [0.15, 0.2) is 0 Å². The van der Waals surface area contributed by atoms with Crippen molar-refractivity contribution in [3.63, 3.8) is 0 Å². The Morgan fingerprint density at radius 3 is 2.24 bits per heavy atom. The first kappa shape index (κ1) is 38.0. The van der Waals surface area contributed by atoms with Crippen LogP contribution in [-0.2, 0) is 30.2 Å². The summed E-state index contributed by atoms with van der Waals surface area (Å²) in [5.74, 6) is -0.813. The van der Waals surface area contributed by atoms with Gasteiger partial charge in [0.2, 0.25) is 0 Å². The number of allylic oxidation sites excluding steroid dienone is 1. The molecule has 0 aromatic carbocycles. The lowest BCUT2D eigenvalue weighted by molar-refractivity contribution is -0.870. The van der Waals surface area contributed by atoms with Crippen LogP contribution in [0.5, 0.6) is 0 Å². The quantitative estimate of drug-likeness (QED) is 0.119. The molecule has 274 valence electrons. The molecule has 0 spiro atoms. The van der Waals surface area contributed by atoms with Crippen LogP contribution in [0.15, 0.2) is 18.2 Å². The first-order valence-corrected chi connectivity index (χ1v) is 18.1. The zero-order valence-corrected chi connectivity index (χ0v) is 32.6. The highest BCUT2D eigenvalue weighted by molar-refractivity contribution is 6.25. The van der Waals surface area contributed by atoms with Gasteiger partial charge in [0, 0.05) is 63.7 Å². The lowest BCUT2D eigenvalue weighted by atomic mass is 9.85. The second kappa shape index (κ2) is 15.1. The maximum Gasteiger partial charge on any atom is 0.340 e. The number of aromatic amines is 2. The van der Waals surface area contributed by atoms with Crippen LogP contribution in [0.2, 0.25) is 0 Å². The van der Waals surface area contributed by atoms with Gasteiger partial charge < -0.3 is 28.7 Å². The molecule has 0 fully saturated rings. The largest absolute Gasteiger partial charge is 0.469 e. The number of hydrogen-bond acceptors (Lipinski definition) is 7. The van der Waals surface area contributed by atoms with E-state index in [-0.39, 0.29) is 30.3 Å². The van der Waals surface area contributed by atoms with E-state index in [1.54, 1.807) is 0 Å². The predicted octanol–water partition coefficient (Wildman–Crippen LogP) is 7.92. The standard InChI is InChI=1S/C41H55N5O5/c1-13-28-22(2)30-21-35-37(27(7)51-18-14-17-46(8,9)10)24(4)32(43-35)19-31-23(3)29(15-16-36(47)49-11)39(44-31)26(6)40-38(41(48)50-12)25(5)33(45-40)20-34(28)42-30/h19-21,23,27,29H,13-18H2,1-12H3,(H-,42,43,44,45,48)/p+1/t23-,27?,29-/m0/s1. The molecule has 10 heteroatoms. The highest BCUT2D eigenvalue weighted by atomic mass is 16.5. The van der Waals surface area contributed by atoms with Crippen LogP contribution >= 0.6 is 0 Å². The summed E-state index contributed by atoms with van der Waals surface area (Å²) in [5, 5.41) is 0. The van der Waals surface area contributed by atoms with Gasteiger partial charge in [-0.25, -0.2) is 9.78 Å². The van der Waals surface area contributed by atoms with Gasteiger partial charge in [-0.1, -0.05) is 13.8 Å². The number of nitrogens with zero attached hydrogens (tertiary/aromatic N) is 3. The fourth-order valence-corrected chi connectivity index (χ4v) is 7.65. The smallest absolute Gasteiger partial charge is 0.340 e. The summed E-state index contributed by atoms with van der Waals surface area (Å²) in [6, 6.07) is 6.36. The molecule has 0 saturated carbocycles. The molecule has 1 unspecified atom stereocenters. The van der Waals surface area contributed by atoms with Gasteiger partial charge in [-0.05, 0) is 93.5 Å². The van der Waals surface area contributed by atoms with E-state index in [4.69, 9.17) is 24.2 Å². The maximum absolute atomic E-state index is 13.3. The number of aromatic nitrogens is 4. The number of fused-ring (bicyclic) bond motifs is 8. The zero-order chi connectivity index (χ0) is 37.4. The Bertz CT molecular complexity index is 2030. The molecule has 3 atom stereocenters. The van der Waals surface area contributed by atoms with Gasteiger partial charge in [-0.2, -0.15) is 0 Å². The monoisotopic (exact) mass is 698 g/mol. The van der Waals surface area contributed by atoms with Gasteiger partial charge in [-0.15, -0.1) is 0 Å². The molecule has 0 aliphatic carbocycles. The Kier molecular flexibility index (Phi) is 11.3. The van der Waals surface area contributed by atoms with E-state index >= 15 is 0 Å². The molecule has 5 heterocycles. The van der Waals surface area contributed by atoms with Crippen LogP contribution in [0.4, 0.5) is 0 Å². The predicted molar refractivity (Wildman–Crippen MR) is 203 cm³/mol. The molecule has 10 nitrogen and oxygen atoms in total. The van der Waals surface area contributed by atoms with E-state index in [2.05, 4.69) is 77.9 Å². The molecular weight excluding hydrogens is 642 g/mol. The number of carbonyl (C=O) groups excluding carboxylic acids is 2. The molecule has 3 aromatic heterocycles. The minimum Gasteiger partial charge on any atom is -0.469 e. The van der Waals surface area contributed by atoms with Crippen molar-refractivity contribution >= 4 is 45.2 Å². The van der Waals surface area contributed by atoms with Crippen LogP contribution in [0, 0.1) is 20.8 Å². The number of carbonyl (C=O) groups is 2. The Morgan fingerprint density at radius 1 is 0.902 bits per heavy atom. The average Bonchev–Trinajstić information content (AvgIpc) is 3.77. The lowest BCUT2D eigenvalue weighted by Crippen LogP contribution is -2.35. The molecule has 2 aliphatic rings. The fraction of sp³-hybridized carbons (Fsp3) is 0.512. The Morgan fingerprint density at radius 2 is 1.59 bits per heavy atom. The number of ether oxygens (including phenoxy) is 3. The maximum atomic E-state index is 13.3. The molecule has 0 saturated heterocycles. The fourth-order valence-electron chi connectivity index (χ4n) is 7.65. The molecule has 0 radical (unpaired) electrons. The van der Waals surface area contributed by atoms with Crippen LogP contribution in [-0.4, -0.2) is 84.9 Å². The lowest BCUT2D eigenvalue weighted by Gasteiger charge is -2.24. The molecular formula is C41H56N5O5+. The minimum absolute atomic E-state index is 0.0124. The van der Waals surface area contributed by atoms with Crippen LogP contribution in [0.3, 0.4) is 0 Å². The molecule has 2 N–H and O–H groups in total. The minimum atomic E-state index is -0.441. The first-order valence-electron chi connectivity index (χ1n) is 18.1. The summed E-state index contributed by atoms with van der Waals surface area (Å²) in [5.41, 5.74) is 13.4. The number of H-pyrrole nitrogens is 2. The summed E-state index contributed by atoms with van der Waals surface area (Å²) in [6.07, 6.45) is 2.44. The SMILES string of the molecule is CCc1c(C)c2cc3[nH]c(cc4nc(c(C)c5nc(cc1[nH]2)C(C)=C5C(=O)OC)[C@@H](CCC(=O)OC)[C@@H]4C)c(C)c3C(C)OCCC[N+](C)(C)C. The third-order valence-corrected chi connectivity index (χ3v) is 10.7. The molecule has 8 bridgehead atoms. The van der Waals surface area contributed by atoms with Crippen LogP contribution in [0.1, 0.15) is 115 Å². The van der Waals surface area contributed by atoms with E-state index < -0.39 is 5.97 Å². The van der Waals surface area contributed by atoms with Crippen molar-refractivity contribution < 1.29 is 28.3 Å². The number of nitrogens with one attached hydrogen (secondary N) is 2. The van der Waals surface area contributed by atoms with E-state index in [1.165, 1.54) is 19.8 Å². The number of rotatable bonds is 11. The molecule has 2 aliphatic heterocycles. The average molecular weight is 699 g/mol. The van der Waals surface area contributed by atoms with Crippen molar-refractivity contribution in [1.82, 2.24) is 19.9 Å². The Hall–Kier alpha value is -4.28. The Balaban J connectivity index is 1.84.